The van der Waals surface area contributed by atoms with E-state index < -0.39 is 5.97 Å². The lowest BCUT2D eigenvalue weighted by Gasteiger charge is -2.58. The van der Waals surface area contributed by atoms with Crippen molar-refractivity contribution in [3.63, 3.8) is 0 Å². The number of phenols is 1. The number of rotatable bonds is 10. The van der Waals surface area contributed by atoms with Gasteiger partial charge in [0.1, 0.15) is 34.3 Å². The third kappa shape index (κ3) is 6.52. The molecule has 3 aromatic rings. The lowest BCUT2D eigenvalue weighted by Crippen LogP contribution is -2.51. The summed E-state index contributed by atoms with van der Waals surface area (Å²) in [7, 11) is 0. The fourth-order valence-corrected chi connectivity index (χ4v) is 11.2. The first-order valence-electron chi connectivity index (χ1n) is 19.3. The number of fused-ring (bicyclic) bond motifs is 6. The first-order valence-corrected chi connectivity index (χ1v) is 19.3. The summed E-state index contributed by atoms with van der Waals surface area (Å²) in [5.41, 5.74) is 2.76. The van der Waals surface area contributed by atoms with Crippen LogP contribution >= 0.6 is 0 Å². The molecule has 4 aliphatic rings. The van der Waals surface area contributed by atoms with Gasteiger partial charge in [-0.25, -0.2) is 4.79 Å². The summed E-state index contributed by atoms with van der Waals surface area (Å²) in [5, 5.41) is 10.7. The highest BCUT2D eigenvalue weighted by molar-refractivity contribution is 5.86. The largest absolute Gasteiger partial charge is 0.507 e. The number of esters is 1. The van der Waals surface area contributed by atoms with Gasteiger partial charge in [0, 0.05) is 30.2 Å². The van der Waals surface area contributed by atoms with E-state index >= 15 is 0 Å². The summed E-state index contributed by atoms with van der Waals surface area (Å²) >= 11 is 0. The van der Waals surface area contributed by atoms with E-state index in [0.29, 0.717) is 11.2 Å². The van der Waals surface area contributed by atoms with Crippen molar-refractivity contribution >= 4 is 16.9 Å². The molecule has 0 amide bonds. The first-order chi connectivity index (χ1) is 24.0. The van der Waals surface area contributed by atoms with Crippen molar-refractivity contribution in [2.45, 2.75) is 111 Å². The second kappa shape index (κ2) is 13.9. The van der Waals surface area contributed by atoms with Crippen molar-refractivity contribution < 1.29 is 23.8 Å². The van der Waals surface area contributed by atoms with Crippen molar-refractivity contribution in [1.29, 1.82) is 0 Å². The van der Waals surface area contributed by atoms with Gasteiger partial charge in [-0.05, 0) is 91.3 Å². The van der Waals surface area contributed by atoms with Crippen molar-refractivity contribution in [3.8, 4) is 22.8 Å². The van der Waals surface area contributed by atoms with E-state index in [1.165, 1.54) is 69.1 Å². The van der Waals surface area contributed by atoms with Crippen LogP contribution in [0.15, 0.2) is 69.4 Å². The molecule has 6 heteroatoms. The van der Waals surface area contributed by atoms with E-state index in [9.17, 15) is 14.7 Å². The van der Waals surface area contributed by atoms with Gasteiger partial charge >= 0.3 is 5.97 Å². The molecular weight excluding hydrogens is 624 g/mol. The second-order valence-electron chi connectivity index (χ2n) is 17.1. The predicted octanol–water partition coefficient (Wildman–Crippen LogP) is 10.5. The summed E-state index contributed by atoms with van der Waals surface area (Å²) in [6.07, 6.45) is 15.8. The van der Waals surface area contributed by atoms with Crippen LogP contribution in [-0.2, 0) is 9.53 Å². The second-order valence-corrected chi connectivity index (χ2v) is 17.1. The zero-order valence-corrected chi connectivity index (χ0v) is 30.7. The van der Waals surface area contributed by atoms with Crippen LogP contribution in [0.3, 0.4) is 0 Å². The molecule has 0 spiro atoms. The lowest BCUT2D eigenvalue weighted by atomic mass is 9.47. The summed E-state index contributed by atoms with van der Waals surface area (Å²) < 4.78 is 17.7. The summed E-state index contributed by atoms with van der Waals surface area (Å²) in [5.74, 6) is 4.75. The van der Waals surface area contributed by atoms with E-state index in [-0.39, 0.29) is 46.0 Å². The van der Waals surface area contributed by atoms with Crippen molar-refractivity contribution in [1.82, 2.24) is 0 Å². The van der Waals surface area contributed by atoms with Crippen molar-refractivity contribution in [2.75, 3.05) is 6.61 Å². The summed E-state index contributed by atoms with van der Waals surface area (Å²) in [6, 6.07) is 13.6. The predicted molar refractivity (Wildman–Crippen MR) is 198 cm³/mol. The molecule has 268 valence electrons. The number of carbonyl (C=O) groups is 1. The van der Waals surface area contributed by atoms with E-state index in [1.807, 2.05) is 30.3 Å². The Bertz CT molecular complexity index is 1790. The van der Waals surface area contributed by atoms with E-state index in [4.69, 9.17) is 13.9 Å². The van der Waals surface area contributed by atoms with Crippen LogP contribution in [0.1, 0.15) is 105 Å². The number of allylic oxidation sites excluding steroid dienone is 1. The molecule has 0 unspecified atom stereocenters. The SMILES string of the molecule is CC(C)CCC[C@@H](C)[C@H]1CC[C@H]2[C@@H]3CC=C4C[C@H](OC(=O)COc5cc(O)c6c(=O)cc(-c7ccccc7)oc6c5)CC[C@]4(C)[C@H]3CC[C@]12C. The maximum absolute atomic E-state index is 13.0. The molecule has 6 nitrogen and oxygen atoms in total. The van der Waals surface area contributed by atoms with Gasteiger partial charge in [0.15, 0.2) is 12.0 Å². The standard InChI is InChI=1S/C44H56O6/c1-27(2)10-9-11-28(3)34-16-17-35-33-15-14-30-22-31(18-20-43(30,4)36(33)19-21-44(34,35)5)49-41(47)26-48-32-23-37(45)42-38(46)25-39(50-40(42)24-32)29-12-7-6-8-13-29/h6-8,12-14,23-25,27-28,31,33-36,45H,9-11,15-22,26H2,1-5H3/t28-,31-,33+,34-,35+,36+,43+,44-/m1/s1. The molecule has 0 aliphatic heterocycles. The van der Waals surface area contributed by atoms with Gasteiger partial charge in [-0.15, -0.1) is 0 Å². The number of hydrogen-bond donors (Lipinski definition) is 1. The number of ether oxygens (including phenoxy) is 2. The molecule has 7 rings (SSSR count). The van der Waals surface area contributed by atoms with Gasteiger partial charge in [-0.1, -0.05) is 95.9 Å². The van der Waals surface area contributed by atoms with E-state index in [1.54, 1.807) is 6.07 Å². The van der Waals surface area contributed by atoms with E-state index in [0.717, 1.165) is 60.3 Å². The maximum Gasteiger partial charge on any atom is 0.344 e. The quantitative estimate of drug-likeness (QED) is 0.169. The molecular formula is C44H56O6. The molecule has 0 saturated heterocycles. The van der Waals surface area contributed by atoms with Gasteiger partial charge in [-0.3, -0.25) is 4.79 Å². The highest BCUT2D eigenvalue weighted by atomic mass is 16.6. The molecule has 0 radical (unpaired) electrons. The minimum Gasteiger partial charge on any atom is -0.507 e. The summed E-state index contributed by atoms with van der Waals surface area (Å²) in [6.45, 7) is 12.1. The normalized spacial score (nSPS) is 31.0. The number of aromatic hydroxyl groups is 1. The molecule has 1 heterocycles. The third-order valence-corrected chi connectivity index (χ3v) is 13.8. The molecule has 50 heavy (non-hydrogen) atoms. The van der Waals surface area contributed by atoms with Crippen molar-refractivity contribution in [3.05, 3.63) is 70.4 Å². The smallest absolute Gasteiger partial charge is 0.344 e. The zero-order valence-electron chi connectivity index (χ0n) is 30.7. The van der Waals surface area contributed by atoms with Crippen LogP contribution in [0, 0.1) is 46.3 Å². The Morgan fingerprint density at radius 1 is 0.980 bits per heavy atom. The van der Waals surface area contributed by atoms with Gasteiger partial charge in [0.05, 0.1) is 0 Å². The molecule has 2 aromatic carbocycles. The number of carbonyl (C=O) groups excluding carboxylic acids is 1. The molecule has 3 fully saturated rings. The monoisotopic (exact) mass is 680 g/mol. The van der Waals surface area contributed by atoms with Gasteiger partial charge < -0.3 is 19.0 Å². The lowest BCUT2D eigenvalue weighted by molar-refractivity contribution is -0.153. The maximum atomic E-state index is 13.0. The Morgan fingerprint density at radius 2 is 1.78 bits per heavy atom. The molecule has 1 aromatic heterocycles. The van der Waals surface area contributed by atoms with Crippen molar-refractivity contribution in [2.24, 2.45) is 46.3 Å². The minimum atomic E-state index is -0.431. The van der Waals surface area contributed by atoms with Crippen LogP contribution < -0.4 is 10.2 Å². The summed E-state index contributed by atoms with van der Waals surface area (Å²) in [4.78, 5) is 25.8. The topological polar surface area (TPSA) is 86.0 Å². The highest BCUT2D eigenvalue weighted by Gasteiger charge is 2.59. The first kappa shape index (κ1) is 34.9. The van der Waals surface area contributed by atoms with Gasteiger partial charge in [0.25, 0.3) is 0 Å². The van der Waals surface area contributed by atoms with Crippen LogP contribution in [0.2, 0.25) is 0 Å². The van der Waals surface area contributed by atoms with Gasteiger partial charge in [-0.2, -0.15) is 0 Å². The Morgan fingerprint density at radius 3 is 2.56 bits per heavy atom. The Balaban J connectivity index is 0.970. The fraction of sp³-hybridized carbons (Fsp3) is 0.591. The fourth-order valence-electron chi connectivity index (χ4n) is 11.2. The molecule has 1 N–H and O–H groups in total. The number of phenolic OH excluding ortho intramolecular Hbond substituents is 1. The Kier molecular flexibility index (Phi) is 9.69. The Hall–Kier alpha value is -3.54. The van der Waals surface area contributed by atoms with Crippen LogP contribution in [0.25, 0.3) is 22.3 Å². The van der Waals surface area contributed by atoms with Crippen LogP contribution in [0.5, 0.6) is 11.5 Å². The van der Waals surface area contributed by atoms with Gasteiger partial charge in [0.2, 0.25) is 0 Å². The average Bonchev–Trinajstić information content (AvgIpc) is 3.44. The average molecular weight is 681 g/mol. The third-order valence-electron chi connectivity index (χ3n) is 13.8. The number of benzene rings is 2. The number of hydrogen-bond acceptors (Lipinski definition) is 6. The molecule has 8 atom stereocenters. The Labute approximate surface area is 297 Å². The molecule has 4 aliphatic carbocycles. The molecule has 3 saturated carbocycles. The molecule has 0 bridgehead atoms. The minimum absolute atomic E-state index is 0.0786. The zero-order chi connectivity index (χ0) is 35.2. The van der Waals surface area contributed by atoms with E-state index in [2.05, 4.69) is 40.7 Å². The van der Waals surface area contributed by atoms with Crippen LogP contribution in [0.4, 0.5) is 0 Å². The van der Waals surface area contributed by atoms with Crippen LogP contribution in [-0.4, -0.2) is 23.8 Å². The highest BCUT2D eigenvalue weighted by Crippen LogP contribution is 2.67.